The third-order valence-electron chi connectivity index (χ3n) is 3.19. The van der Waals surface area contributed by atoms with Gasteiger partial charge >= 0.3 is 0 Å². The Hall–Kier alpha value is -1.48. The number of hydrogen-bond donors (Lipinski definition) is 1. The highest BCUT2D eigenvalue weighted by atomic mass is 35.5. The summed E-state index contributed by atoms with van der Waals surface area (Å²) in [6, 6.07) is 8.53. The molecule has 3 nitrogen and oxygen atoms in total. The van der Waals surface area contributed by atoms with Crippen LogP contribution >= 0.6 is 11.6 Å². The molecule has 4 heteroatoms. The largest absolute Gasteiger partial charge is 0.352 e. The van der Waals surface area contributed by atoms with Crippen molar-refractivity contribution in [2.75, 3.05) is 5.32 Å². The number of rotatable bonds is 4. The number of benzene rings is 1. The van der Waals surface area contributed by atoms with E-state index in [4.69, 9.17) is 11.6 Å². The molecule has 0 saturated heterocycles. The molecular weight excluding hydrogens is 246 g/mol. The fourth-order valence-corrected chi connectivity index (χ4v) is 2.30. The third-order valence-corrected chi connectivity index (χ3v) is 3.56. The molecule has 1 saturated carbocycles. The molecule has 0 bridgehead atoms. The van der Waals surface area contributed by atoms with Crippen LogP contribution in [0.3, 0.4) is 0 Å². The first-order valence-electron chi connectivity index (χ1n) is 6.27. The average Bonchev–Trinajstić information content (AvgIpc) is 3.13. The van der Waals surface area contributed by atoms with Crippen molar-refractivity contribution >= 4 is 17.5 Å². The summed E-state index contributed by atoms with van der Waals surface area (Å²) in [5, 5.41) is 4.18. The van der Waals surface area contributed by atoms with Gasteiger partial charge < -0.3 is 9.88 Å². The average molecular weight is 262 g/mol. The second-order valence-corrected chi connectivity index (χ2v) is 5.20. The van der Waals surface area contributed by atoms with E-state index in [1.54, 1.807) is 0 Å². The van der Waals surface area contributed by atoms with Crippen molar-refractivity contribution in [3.8, 4) is 0 Å². The first kappa shape index (κ1) is 11.6. The molecular formula is C14H16ClN3. The molecule has 2 aromatic rings. The highest BCUT2D eigenvalue weighted by Gasteiger charge is 2.26. The van der Waals surface area contributed by atoms with E-state index in [0.29, 0.717) is 12.6 Å². The van der Waals surface area contributed by atoms with Crippen molar-refractivity contribution in [1.29, 1.82) is 0 Å². The normalized spacial score (nSPS) is 14.8. The lowest BCUT2D eigenvalue weighted by atomic mass is 10.2. The molecule has 1 fully saturated rings. The molecule has 1 heterocycles. The predicted molar refractivity (Wildman–Crippen MR) is 74.0 cm³/mol. The molecule has 0 radical (unpaired) electrons. The highest BCUT2D eigenvalue weighted by Crippen LogP contribution is 2.37. The van der Waals surface area contributed by atoms with Crippen LogP contribution in [-0.2, 0) is 6.54 Å². The quantitative estimate of drug-likeness (QED) is 0.907. The SMILES string of the molecule is Cc1cn(C2CC2)c(NCc2ccccc2Cl)n1. The number of aromatic nitrogens is 2. The number of nitrogens with one attached hydrogen (secondary N) is 1. The Morgan fingerprint density at radius 3 is 2.89 bits per heavy atom. The highest BCUT2D eigenvalue weighted by molar-refractivity contribution is 6.31. The molecule has 1 aliphatic carbocycles. The van der Waals surface area contributed by atoms with Gasteiger partial charge in [0.2, 0.25) is 5.95 Å². The molecule has 0 atom stereocenters. The van der Waals surface area contributed by atoms with Gasteiger partial charge in [-0.1, -0.05) is 29.8 Å². The standard InChI is InChI=1S/C14H16ClN3/c1-10-9-18(12-6-7-12)14(17-10)16-8-11-4-2-3-5-13(11)15/h2-5,9,12H,6-8H2,1H3,(H,16,17). The number of halogens is 1. The van der Waals surface area contributed by atoms with Gasteiger partial charge in [-0.3, -0.25) is 0 Å². The van der Waals surface area contributed by atoms with Crippen molar-refractivity contribution in [3.63, 3.8) is 0 Å². The van der Waals surface area contributed by atoms with Crippen LogP contribution in [0.15, 0.2) is 30.5 Å². The van der Waals surface area contributed by atoms with Crippen LogP contribution in [0, 0.1) is 6.92 Å². The Kier molecular flexibility index (Phi) is 3.00. The van der Waals surface area contributed by atoms with Gasteiger partial charge in [-0.15, -0.1) is 0 Å². The third kappa shape index (κ3) is 2.36. The fourth-order valence-electron chi connectivity index (χ4n) is 2.09. The second kappa shape index (κ2) is 4.65. The van der Waals surface area contributed by atoms with Gasteiger partial charge in [-0.05, 0) is 31.4 Å². The summed E-state index contributed by atoms with van der Waals surface area (Å²) in [7, 11) is 0. The maximum atomic E-state index is 6.14. The Morgan fingerprint density at radius 2 is 2.17 bits per heavy atom. The van der Waals surface area contributed by atoms with E-state index in [2.05, 4.69) is 21.1 Å². The van der Waals surface area contributed by atoms with E-state index >= 15 is 0 Å². The van der Waals surface area contributed by atoms with Gasteiger partial charge in [0.25, 0.3) is 0 Å². The van der Waals surface area contributed by atoms with Crippen molar-refractivity contribution in [2.45, 2.75) is 32.4 Å². The van der Waals surface area contributed by atoms with Gasteiger partial charge in [-0.25, -0.2) is 4.98 Å². The molecule has 1 aromatic heterocycles. The predicted octanol–water partition coefficient (Wildman–Crippen LogP) is 3.79. The number of hydrogen-bond acceptors (Lipinski definition) is 2. The van der Waals surface area contributed by atoms with E-state index in [9.17, 15) is 0 Å². The minimum absolute atomic E-state index is 0.639. The van der Waals surface area contributed by atoms with E-state index < -0.39 is 0 Å². The minimum Gasteiger partial charge on any atom is -0.352 e. The maximum Gasteiger partial charge on any atom is 0.203 e. The number of aryl methyl sites for hydroxylation is 1. The molecule has 0 amide bonds. The molecule has 1 N–H and O–H groups in total. The molecule has 18 heavy (non-hydrogen) atoms. The van der Waals surface area contributed by atoms with Crippen molar-refractivity contribution in [3.05, 3.63) is 46.7 Å². The first-order valence-corrected chi connectivity index (χ1v) is 6.64. The Balaban J connectivity index is 1.75. The van der Waals surface area contributed by atoms with Crippen molar-refractivity contribution in [2.24, 2.45) is 0 Å². The van der Waals surface area contributed by atoms with Gasteiger partial charge in [0, 0.05) is 23.8 Å². The smallest absolute Gasteiger partial charge is 0.203 e. The summed E-state index contributed by atoms with van der Waals surface area (Å²) in [5.74, 6) is 0.954. The lowest BCUT2D eigenvalue weighted by Crippen LogP contribution is -2.06. The maximum absolute atomic E-state index is 6.14. The van der Waals surface area contributed by atoms with Crippen LogP contribution in [-0.4, -0.2) is 9.55 Å². The van der Waals surface area contributed by atoms with Crippen LogP contribution in [0.4, 0.5) is 5.95 Å². The van der Waals surface area contributed by atoms with Crippen molar-refractivity contribution in [1.82, 2.24) is 9.55 Å². The zero-order valence-corrected chi connectivity index (χ0v) is 11.1. The van der Waals surface area contributed by atoms with E-state index in [0.717, 1.165) is 22.2 Å². The van der Waals surface area contributed by atoms with Gasteiger partial charge in [0.05, 0.1) is 5.69 Å². The van der Waals surface area contributed by atoms with Crippen LogP contribution in [0.1, 0.15) is 30.1 Å². The zero-order valence-electron chi connectivity index (χ0n) is 10.4. The molecule has 1 aromatic carbocycles. The number of imidazole rings is 1. The molecule has 1 aliphatic rings. The van der Waals surface area contributed by atoms with Crippen LogP contribution in [0.2, 0.25) is 5.02 Å². The molecule has 0 aliphatic heterocycles. The van der Waals surface area contributed by atoms with Crippen LogP contribution in [0.5, 0.6) is 0 Å². The number of nitrogens with zero attached hydrogens (tertiary/aromatic N) is 2. The van der Waals surface area contributed by atoms with Crippen LogP contribution in [0.25, 0.3) is 0 Å². The topological polar surface area (TPSA) is 29.9 Å². The second-order valence-electron chi connectivity index (χ2n) is 4.79. The summed E-state index contributed by atoms with van der Waals surface area (Å²) < 4.78 is 2.24. The Labute approximate surface area is 112 Å². The van der Waals surface area contributed by atoms with Gasteiger partial charge in [-0.2, -0.15) is 0 Å². The molecule has 0 unspecified atom stereocenters. The summed E-state index contributed by atoms with van der Waals surface area (Å²) >= 11 is 6.14. The summed E-state index contributed by atoms with van der Waals surface area (Å²) in [5.41, 5.74) is 2.16. The summed E-state index contributed by atoms with van der Waals surface area (Å²) in [6.45, 7) is 2.74. The zero-order chi connectivity index (χ0) is 12.5. The molecule has 3 rings (SSSR count). The first-order chi connectivity index (χ1) is 8.74. The van der Waals surface area contributed by atoms with Gasteiger partial charge in [0.15, 0.2) is 0 Å². The molecule has 94 valence electrons. The summed E-state index contributed by atoms with van der Waals surface area (Å²) in [4.78, 5) is 4.53. The minimum atomic E-state index is 0.639. The lowest BCUT2D eigenvalue weighted by Gasteiger charge is -2.09. The van der Waals surface area contributed by atoms with E-state index in [1.807, 2.05) is 31.2 Å². The van der Waals surface area contributed by atoms with Crippen molar-refractivity contribution < 1.29 is 0 Å². The monoisotopic (exact) mass is 261 g/mol. The van der Waals surface area contributed by atoms with Gasteiger partial charge in [0.1, 0.15) is 0 Å². The van der Waals surface area contributed by atoms with Crippen LogP contribution < -0.4 is 5.32 Å². The lowest BCUT2D eigenvalue weighted by molar-refractivity contribution is 0.742. The molecule has 0 spiro atoms. The summed E-state index contributed by atoms with van der Waals surface area (Å²) in [6.07, 6.45) is 4.64. The van der Waals surface area contributed by atoms with E-state index in [1.165, 1.54) is 12.8 Å². The Bertz CT molecular complexity index is 558. The number of anilines is 1. The Morgan fingerprint density at radius 1 is 1.39 bits per heavy atom. The van der Waals surface area contributed by atoms with E-state index in [-0.39, 0.29) is 0 Å². The fraction of sp³-hybridized carbons (Fsp3) is 0.357.